The third kappa shape index (κ3) is 4.01. The summed E-state index contributed by atoms with van der Waals surface area (Å²) >= 11 is 1.59. The standard InChI is InChI=1S/C17H21NOS/c1-12-6-5-7-13(8-12)9-14(19)10-16-18-15(11-20-16)17(2,3)4/h5-8,11H,9-10H2,1-4H3. The molecule has 106 valence electrons. The van der Waals surface area contributed by atoms with E-state index in [1.807, 2.05) is 25.1 Å². The summed E-state index contributed by atoms with van der Waals surface area (Å²) in [6.45, 7) is 8.46. The molecule has 0 N–H and O–H groups in total. The minimum absolute atomic E-state index is 0.0499. The van der Waals surface area contributed by atoms with Gasteiger partial charge in [-0.2, -0.15) is 0 Å². The van der Waals surface area contributed by atoms with Crippen LogP contribution in [0.4, 0.5) is 0 Å². The maximum absolute atomic E-state index is 12.1. The first-order valence-corrected chi connectivity index (χ1v) is 7.75. The number of carbonyl (C=O) groups is 1. The van der Waals surface area contributed by atoms with Gasteiger partial charge in [0.25, 0.3) is 0 Å². The highest BCUT2D eigenvalue weighted by Crippen LogP contribution is 2.24. The van der Waals surface area contributed by atoms with Crippen LogP contribution < -0.4 is 0 Å². The number of rotatable bonds is 4. The predicted octanol–water partition coefficient (Wildman–Crippen LogP) is 4.10. The molecule has 0 aliphatic heterocycles. The predicted molar refractivity (Wildman–Crippen MR) is 84.4 cm³/mol. The number of nitrogens with zero attached hydrogens (tertiary/aromatic N) is 1. The van der Waals surface area contributed by atoms with Crippen molar-refractivity contribution in [2.24, 2.45) is 0 Å². The van der Waals surface area contributed by atoms with Crippen molar-refractivity contribution in [2.45, 2.75) is 46.0 Å². The molecule has 2 nitrogen and oxygen atoms in total. The normalized spacial score (nSPS) is 11.6. The van der Waals surface area contributed by atoms with E-state index in [1.54, 1.807) is 11.3 Å². The summed E-state index contributed by atoms with van der Waals surface area (Å²) in [5, 5.41) is 2.99. The van der Waals surface area contributed by atoms with Gasteiger partial charge in [-0.05, 0) is 12.5 Å². The van der Waals surface area contributed by atoms with E-state index < -0.39 is 0 Å². The Morgan fingerprint density at radius 3 is 2.60 bits per heavy atom. The van der Waals surface area contributed by atoms with Crippen LogP contribution in [0.2, 0.25) is 0 Å². The number of Topliss-reactive ketones (excluding diaryl/α,β-unsaturated/α-hetero) is 1. The van der Waals surface area contributed by atoms with Gasteiger partial charge in [0.2, 0.25) is 0 Å². The molecule has 0 saturated carbocycles. The zero-order valence-electron chi connectivity index (χ0n) is 12.6. The molecule has 2 rings (SSSR count). The van der Waals surface area contributed by atoms with Crippen LogP contribution in [0.3, 0.4) is 0 Å². The highest BCUT2D eigenvalue weighted by atomic mass is 32.1. The van der Waals surface area contributed by atoms with Gasteiger partial charge in [-0.15, -0.1) is 11.3 Å². The van der Waals surface area contributed by atoms with E-state index in [1.165, 1.54) is 5.56 Å². The Balaban J connectivity index is 2.00. The van der Waals surface area contributed by atoms with Gasteiger partial charge >= 0.3 is 0 Å². The monoisotopic (exact) mass is 287 g/mol. The summed E-state index contributed by atoms with van der Waals surface area (Å²) in [5.74, 6) is 0.227. The van der Waals surface area contributed by atoms with Crippen molar-refractivity contribution in [2.75, 3.05) is 0 Å². The van der Waals surface area contributed by atoms with Crippen LogP contribution in [-0.4, -0.2) is 10.8 Å². The average molecular weight is 287 g/mol. The SMILES string of the molecule is Cc1cccc(CC(=O)Cc2nc(C(C)(C)C)cs2)c1. The average Bonchev–Trinajstić information content (AvgIpc) is 2.76. The van der Waals surface area contributed by atoms with E-state index in [9.17, 15) is 4.79 Å². The van der Waals surface area contributed by atoms with Crippen molar-refractivity contribution >= 4 is 17.1 Å². The number of aryl methyl sites for hydroxylation is 1. The third-order valence-corrected chi connectivity index (χ3v) is 4.00. The summed E-state index contributed by atoms with van der Waals surface area (Å²) in [6.07, 6.45) is 0.931. The van der Waals surface area contributed by atoms with Gasteiger partial charge < -0.3 is 0 Å². The number of benzene rings is 1. The maximum atomic E-state index is 12.1. The molecule has 0 radical (unpaired) electrons. The zero-order chi connectivity index (χ0) is 14.8. The van der Waals surface area contributed by atoms with Crippen molar-refractivity contribution in [1.29, 1.82) is 0 Å². The van der Waals surface area contributed by atoms with Crippen LogP contribution in [-0.2, 0) is 23.1 Å². The highest BCUT2D eigenvalue weighted by Gasteiger charge is 2.18. The minimum atomic E-state index is 0.0499. The molecule has 0 saturated heterocycles. The molecule has 2 aromatic rings. The number of thiazole rings is 1. The van der Waals surface area contributed by atoms with Crippen LogP contribution >= 0.6 is 11.3 Å². The highest BCUT2D eigenvalue weighted by molar-refractivity contribution is 7.09. The Morgan fingerprint density at radius 1 is 1.25 bits per heavy atom. The van der Waals surface area contributed by atoms with Crippen LogP contribution in [0.1, 0.15) is 42.6 Å². The Bertz CT molecular complexity index is 607. The van der Waals surface area contributed by atoms with E-state index in [0.717, 1.165) is 16.3 Å². The molecule has 3 heteroatoms. The molecule has 0 aliphatic rings. The molecular weight excluding hydrogens is 266 g/mol. The van der Waals surface area contributed by atoms with Gasteiger partial charge in [-0.25, -0.2) is 4.98 Å². The number of hydrogen-bond donors (Lipinski definition) is 0. The van der Waals surface area contributed by atoms with Crippen molar-refractivity contribution in [3.8, 4) is 0 Å². The Hall–Kier alpha value is -1.48. The summed E-state index contributed by atoms with van der Waals surface area (Å²) in [7, 11) is 0. The number of carbonyl (C=O) groups excluding carboxylic acids is 1. The molecule has 1 aromatic heterocycles. The second-order valence-corrected chi connectivity index (χ2v) is 7.20. The molecule has 0 aliphatic carbocycles. The Labute approximate surface area is 124 Å². The van der Waals surface area contributed by atoms with Gasteiger partial charge in [0, 0.05) is 17.2 Å². The van der Waals surface area contributed by atoms with E-state index >= 15 is 0 Å². The second kappa shape index (κ2) is 5.88. The lowest BCUT2D eigenvalue weighted by atomic mass is 9.93. The fourth-order valence-corrected chi connectivity index (χ4v) is 3.07. The van der Waals surface area contributed by atoms with Crippen LogP contribution in [0.25, 0.3) is 0 Å². The van der Waals surface area contributed by atoms with Gasteiger partial charge in [0.05, 0.1) is 12.1 Å². The Morgan fingerprint density at radius 2 is 2.00 bits per heavy atom. The summed E-state index contributed by atoms with van der Waals surface area (Å²) in [4.78, 5) is 16.7. The molecule has 20 heavy (non-hydrogen) atoms. The lowest BCUT2D eigenvalue weighted by Crippen LogP contribution is -2.12. The molecule has 0 unspecified atom stereocenters. The molecule has 0 bridgehead atoms. The first kappa shape index (κ1) is 14.9. The number of ketones is 1. The number of hydrogen-bond acceptors (Lipinski definition) is 3. The van der Waals surface area contributed by atoms with Crippen molar-refractivity contribution in [1.82, 2.24) is 4.98 Å². The molecule has 1 aromatic carbocycles. The van der Waals surface area contributed by atoms with E-state index in [2.05, 4.69) is 37.2 Å². The summed E-state index contributed by atoms with van der Waals surface area (Å²) in [6, 6.07) is 8.12. The van der Waals surface area contributed by atoms with Crippen molar-refractivity contribution < 1.29 is 4.79 Å². The van der Waals surface area contributed by atoms with Gasteiger partial charge in [0.1, 0.15) is 10.8 Å². The second-order valence-electron chi connectivity index (χ2n) is 6.26. The lowest BCUT2D eigenvalue weighted by molar-refractivity contribution is -0.117. The fourth-order valence-electron chi connectivity index (χ4n) is 2.02. The molecule has 0 spiro atoms. The van der Waals surface area contributed by atoms with Crippen LogP contribution in [0.5, 0.6) is 0 Å². The van der Waals surface area contributed by atoms with E-state index in [0.29, 0.717) is 12.8 Å². The third-order valence-electron chi connectivity index (χ3n) is 3.15. The quantitative estimate of drug-likeness (QED) is 0.847. The maximum Gasteiger partial charge on any atom is 0.144 e. The van der Waals surface area contributed by atoms with E-state index in [4.69, 9.17) is 0 Å². The van der Waals surface area contributed by atoms with Crippen LogP contribution in [0.15, 0.2) is 29.6 Å². The van der Waals surface area contributed by atoms with Crippen molar-refractivity contribution in [3.05, 3.63) is 51.5 Å². The van der Waals surface area contributed by atoms with Crippen LogP contribution in [0, 0.1) is 6.92 Å². The molecule has 1 heterocycles. The summed E-state index contributed by atoms with van der Waals surface area (Å²) in [5.41, 5.74) is 3.40. The minimum Gasteiger partial charge on any atom is -0.299 e. The first-order valence-electron chi connectivity index (χ1n) is 6.87. The van der Waals surface area contributed by atoms with Crippen molar-refractivity contribution in [3.63, 3.8) is 0 Å². The van der Waals surface area contributed by atoms with Gasteiger partial charge in [-0.3, -0.25) is 4.79 Å². The van der Waals surface area contributed by atoms with E-state index in [-0.39, 0.29) is 11.2 Å². The molecule has 0 atom stereocenters. The Kier molecular flexibility index (Phi) is 4.39. The molecule has 0 fully saturated rings. The lowest BCUT2D eigenvalue weighted by Gasteiger charge is -2.14. The molecule has 0 amide bonds. The smallest absolute Gasteiger partial charge is 0.144 e. The van der Waals surface area contributed by atoms with Gasteiger partial charge in [0.15, 0.2) is 0 Å². The largest absolute Gasteiger partial charge is 0.299 e. The van der Waals surface area contributed by atoms with Gasteiger partial charge in [-0.1, -0.05) is 50.6 Å². The number of aromatic nitrogens is 1. The first-order chi connectivity index (χ1) is 9.34. The summed E-state index contributed by atoms with van der Waals surface area (Å²) < 4.78 is 0. The fraction of sp³-hybridized carbons (Fsp3) is 0.412. The molecular formula is C17H21NOS. The zero-order valence-corrected chi connectivity index (χ0v) is 13.4. The topological polar surface area (TPSA) is 30.0 Å².